The third kappa shape index (κ3) is 6.92. The molecule has 0 fully saturated rings. The number of hydrogen-bond donors (Lipinski definition) is 6. The fraction of sp³-hybridized carbons (Fsp3) is 0.240. The Morgan fingerprint density at radius 2 is 1.64 bits per heavy atom. The van der Waals surface area contributed by atoms with Crippen LogP contribution in [0.2, 0.25) is 0 Å². The Hall–Kier alpha value is -4.67. The van der Waals surface area contributed by atoms with Gasteiger partial charge in [0.1, 0.15) is 17.8 Å². The third-order valence-electron chi connectivity index (χ3n) is 5.42. The predicted molar refractivity (Wildman–Crippen MR) is 130 cm³/mol. The van der Waals surface area contributed by atoms with E-state index in [-0.39, 0.29) is 12.1 Å². The standard InChI is InChI=1S/C25H26N4O7/c1-14(23(33)29-18(25(35)36)9-10-22(31)32)27-21(30)13-26-24(34)20-12-17-8-7-16(11-19(17)28-20)15-5-3-2-4-6-15/h2-8,11-12,14,18,28H,9-10,13H2,1H3,(H,26,34)(H,27,30)(H,29,33)(H,31,32)(H,35,36). The summed E-state index contributed by atoms with van der Waals surface area (Å²) in [7, 11) is 0. The molecule has 0 radical (unpaired) electrons. The van der Waals surface area contributed by atoms with E-state index in [0.717, 1.165) is 22.0 Å². The van der Waals surface area contributed by atoms with Gasteiger partial charge in [0.2, 0.25) is 11.8 Å². The Kier molecular flexibility index (Phi) is 8.39. The molecule has 1 aromatic heterocycles. The Bertz CT molecular complexity index is 1290. The molecule has 188 valence electrons. The summed E-state index contributed by atoms with van der Waals surface area (Å²) in [6.07, 6.45) is -0.740. The number of carbonyl (C=O) groups excluding carboxylic acids is 3. The van der Waals surface area contributed by atoms with Gasteiger partial charge in [0, 0.05) is 17.3 Å². The van der Waals surface area contributed by atoms with Crippen molar-refractivity contribution < 1.29 is 34.2 Å². The zero-order valence-electron chi connectivity index (χ0n) is 19.4. The first-order chi connectivity index (χ1) is 17.1. The normalized spacial score (nSPS) is 12.4. The van der Waals surface area contributed by atoms with Crippen LogP contribution in [0.3, 0.4) is 0 Å². The molecular formula is C25H26N4O7. The molecule has 3 rings (SSSR count). The summed E-state index contributed by atoms with van der Waals surface area (Å²) in [5.74, 6) is -4.55. The van der Waals surface area contributed by atoms with E-state index in [2.05, 4.69) is 20.9 Å². The number of fused-ring (bicyclic) bond motifs is 1. The van der Waals surface area contributed by atoms with Gasteiger partial charge in [0.15, 0.2) is 0 Å². The van der Waals surface area contributed by atoms with Crippen LogP contribution in [0, 0.1) is 0 Å². The highest BCUT2D eigenvalue weighted by atomic mass is 16.4. The van der Waals surface area contributed by atoms with Gasteiger partial charge in [-0.3, -0.25) is 19.2 Å². The number of rotatable bonds is 11. The lowest BCUT2D eigenvalue weighted by Gasteiger charge is -2.18. The average Bonchev–Trinajstić information content (AvgIpc) is 3.28. The molecule has 2 atom stereocenters. The van der Waals surface area contributed by atoms with E-state index < -0.39 is 54.7 Å². The largest absolute Gasteiger partial charge is 0.481 e. The van der Waals surface area contributed by atoms with Crippen molar-refractivity contribution >= 4 is 40.6 Å². The van der Waals surface area contributed by atoms with Crippen molar-refractivity contribution in [1.82, 2.24) is 20.9 Å². The van der Waals surface area contributed by atoms with E-state index in [1.54, 1.807) is 6.07 Å². The number of carbonyl (C=O) groups is 5. The van der Waals surface area contributed by atoms with Gasteiger partial charge >= 0.3 is 11.9 Å². The van der Waals surface area contributed by atoms with Crippen molar-refractivity contribution in [2.24, 2.45) is 0 Å². The lowest BCUT2D eigenvalue weighted by atomic mass is 10.0. The zero-order chi connectivity index (χ0) is 26.2. The molecule has 0 bridgehead atoms. The highest BCUT2D eigenvalue weighted by Gasteiger charge is 2.24. The first kappa shape index (κ1) is 25.9. The lowest BCUT2D eigenvalue weighted by Crippen LogP contribution is -2.51. The molecule has 0 aliphatic rings. The minimum absolute atomic E-state index is 0.261. The maximum Gasteiger partial charge on any atom is 0.326 e. The van der Waals surface area contributed by atoms with Crippen molar-refractivity contribution in [3.05, 3.63) is 60.3 Å². The fourth-order valence-corrected chi connectivity index (χ4v) is 3.50. The topological polar surface area (TPSA) is 178 Å². The van der Waals surface area contributed by atoms with Crippen molar-refractivity contribution in [2.45, 2.75) is 31.8 Å². The molecule has 3 aromatic rings. The van der Waals surface area contributed by atoms with Crippen LogP contribution in [-0.4, -0.2) is 63.5 Å². The van der Waals surface area contributed by atoms with Gasteiger partial charge in [-0.2, -0.15) is 0 Å². The Labute approximate surface area is 205 Å². The van der Waals surface area contributed by atoms with Gasteiger partial charge in [-0.15, -0.1) is 0 Å². The van der Waals surface area contributed by atoms with Crippen LogP contribution in [-0.2, 0) is 19.2 Å². The number of carboxylic acid groups (broad SMARTS) is 2. The molecule has 36 heavy (non-hydrogen) atoms. The molecule has 2 aromatic carbocycles. The quantitative estimate of drug-likeness (QED) is 0.234. The van der Waals surface area contributed by atoms with Gasteiger partial charge in [-0.25, -0.2) is 4.79 Å². The van der Waals surface area contributed by atoms with Gasteiger partial charge in [-0.1, -0.05) is 42.5 Å². The molecule has 2 unspecified atom stereocenters. The minimum Gasteiger partial charge on any atom is -0.481 e. The summed E-state index contributed by atoms with van der Waals surface area (Å²) >= 11 is 0. The second-order valence-corrected chi connectivity index (χ2v) is 8.15. The number of amides is 3. The van der Waals surface area contributed by atoms with E-state index in [1.807, 2.05) is 48.5 Å². The zero-order valence-corrected chi connectivity index (χ0v) is 19.4. The number of H-pyrrole nitrogens is 1. The highest BCUT2D eigenvalue weighted by Crippen LogP contribution is 2.24. The molecule has 11 nitrogen and oxygen atoms in total. The van der Waals surface area contributed by atoms with Crippen molar-refractivity contribution in [2.75, 3.05) is 6.54 Å². The van der Waals surface area contributed by atoms with Crippen LogP contribution in [0.4, 0.5) is 0 Å². The van der Waals surface area contributed by atoms with Crippen LogP contribution in [0.15, 0.2) is 54.6 Å². The first-order valence-corrected chi connectivity index (χ1v) is 11.1. The summed E-state index contributed by atoms with van der Waals surface area (Å²) in [4.78, 5) is 61.8. The van der Waals surface area contributed by atoms with Crippen LogP contribution in [0.1, 0.15) is 30.3 Å². The summed E-state index contributed by atoms with van der Waals surface area (Å²) in [5, 5.41) is 25.7. The SMILES string of the molecule is CC(NC(=O)CNC(=O)c1cc2ccc(-c3ccccc3)cc2[nH]1)C(=O)NC(CCC(=O)O)C(=O)O. The Morgan fingerprint density at radius 3 is 2.31 bits per heavy atom. The number of nitrogens with one attached hydrogen (secondary N) is 4. The Balaban J connectivity index is 1.53. The molecule has 0 aliphatic heterocycles. The molecular weight excluding hydrogens is 468 g/mol. The van der Waals surface area contributed by atoms with Gasteiger partial charge < -0.3 is 31.1 Å². The van der Waals surface area contributed by atoms with Crippen LogP contribution in [0.5, 0.6) is 0 Å². The monoisotopic (exact) mass is 494 g/mol. The first-order valence-electron chi connectivity index (χ1n) is 11.1. The highest BCUT2D eigenvalue weighted by molar-refractivity contribution is 6.00. The Morgan fingerprint density at radius 1 is 0.917 bits per heavy atom. The molecule has 0 saturated heterocycles. The van der Waals surface area contributed by atoms with Crippen LogP contribution in [0.25, 0.3) is 22.0 Å². The number of aromatic nitrogens is 1. The lowest BCUT2D eigenvalue weighted by molar-refractivity contribution is -0.143. The maximum absolute atomic E-state index is 12.5. The summed E-state index contributed by atoms with van der Waals surface area (Å²) in [6.45, 7) is 0.926. The van der Waals surface area contributed by atoms with Crippen molar-refractivity contribution in [1.29, 1.82) is 0 Å². The number of aliphatic carboxylic acids is 2. The van der Waals surface area contributed by atoms with E-state index in [0.29, 0.717) is 0 Å². The number of carboxylic acids is 2. The summed E-state index contributed by atoms with van der Waals surface area (Å²) in [6, 6.07) is 14.7. The van der Waals surface area contributed by atoms with Gasteiger partial charge in [0.25, 0.3) is 5.91 Å². The molecule has 0 saturated carbocycles. The molecule has 0 spiro atoms. The van der Waals surface area contributed by atoms with E-state index in [1.165, 1.54) is 6.92 Å². The second-order valence-electron chi connectivity index (χ2n) is 8.15. The summed E-state index contributed by atoms with van der Waals surface area (Å²) in [5.41, 5.74) is 3.03. The van der Waals surface area contributed by atoms with E-state index in [4.69, 9.17) is 10.2 Å². The van der Waals surface area contributed by atoms with Crippen molar-refractivity contribution in [3.8, 4) is 11.1 Å². The van der Waals surface area contributed by atoms with E-state index in [9.17, 15) is 24.0 Å². The molecule has 3 amide bonds. The van der Waals surface area contributed by atoms with Gasteiger partial charge in [-0.05, 0) is 36.6 Å². The van der Waals surface area contributed by atoms with Gasteiger partial charge in [0.05, 0.1) is 6.54 Å². The second kappa shape index (κ2) is 11.6. The number of aromatic amines is 1. The smallest absolute Gasteiger partial charge is 0.326 e. The van der Waals surface area contributed by atoms with E-state index >= 15 is 0 Å². The average molecular weight is 495 g/mol. The van der Waals surface area contributed by atoms with Crippen molar-refractivity contribution in [3.63, 3.8) is 0 Å². The van der Waals surface area contributed by atoms with Crippen LogP contribution < -0.4 is 16.0 Å². The summed E-state index contributed by atoms with van der Waals surface area (Å²) < 4.78 is 0. The molecule has 0 aliphatic carbocycles. The molecule has 1 heterocycles. The fourth-order valence-electron chi connectivity index (χ4n) is 3.50. The molecule has 11 heteroatoms. The molecule has 6 N–H and O–H groups in total. The number of benzene rings is 2. The maximum atomic E-state index is 12.5. The third-order valence-corrected chi connectivity index (χ3v) is 5.42. The van der Waals surface area contributed by atoms with Crippen LogP contribution >= 0.6 is 0 Å². The number of hydrogen-bond acceptors (Lipinski definition) is 5. The minimum atomic E-state index is -1.41. The predicted octanol–water partition coefficient (Wildman–Crippen LogP) is 1.50.